The first-order valence-electron chi connectivity index (χ1n) is 5.10. The summed E-state index contributed by atoms with van der Waals surface area (Å²) in [7, 11) is 0. The Morgan fingerprint density at radius 1 is 1.41 bits per heavy atom. The standard InChI is InChI=1S/C12H10BrCl2NO/c1-2-7-3-11(17)16(6-7)8-4-9(14)12(13)10(15)5-8/h2,4-5,7H,1,3,6H2. The van der Waals surface area contributed by atoms with Crippen LogP contribution in [0.4, 0.5) is 5.69 Å². The molecule has 0 bridgehead atoms. The topological polar surface area (TPSA) is 20.3 Å². The Bertz CT molecular complexity index is 466. The molecule has 1 fully saturated rings. The molecule has 0 radical (unpaired) electrons. The molecule has 0 spiro atoms. The summed E-state index contributed by atoms with van der Waals surface area (Å²) in [6.07, 6.45) is 2.30. The van der Waals surface area contributed by atoms with Crippen LogP contribution in [-0.4, -0.2) is 12.5 Å². The van der Waals surface area contributed by atoms with Gasteiger partial charge in [0.25, 0.3) is 0 Å². The fraction of sp³-hybridized carbons (Fsp3) is 0.250. The lowest BCUT2D eigenvalue weighted by Crippen LogP contribution is -2.24. The molecule has 2 rings (SSSR count). The summed E-state index contributed by atoms with van der Waals surface area (Å²) in [6, 6.07) is 3.47. The van der Waals surface area contributed by atoms with Crippen LogP contribution in [0.3, 0.4) is 0 Å². The first-order valence-corrected chi connectivity index (χ1v) is 6.65. The maximum atomic E-state index is 11.8. The molecule has 90 valence electrons. The molecule has 0 saturated carbocycles. The van der Waals surface area contributed by atoms with E-state index < -0.39 is 0 Å². The van der Waals surface area contributed by atoms with Crippen molar-refractivity contribution in [1.29, 1.82) is 0 Å². The van der Waals surface area contributed by atoms with E-state index in [1.54, 1.807) is 23.1 Å². The summed E-state index contributed by atoms with van der Waals surface area (Å²) >= 11 is 15.3. The number of hydrogen-bond donors (Lipinski definition) is 0. The fourth-order valence-corrected chi connectivity index (χ4v) is 2.55. The predicted molar refractivity (Wildman–Crippen MR) is 74.8 cm³/mol. The second-order valence-electron chi connectivity index (χ2n) is 3.93. The van der Waals surface area contributed by atoms with Gasteiger partial charge in [-0.1, -0.05) is 29.3 Å². The molecule has 0 aromatic heterocycles. The van der Waals surface area contributed by atoms with Crippen molar-refractivity contribution in [2.24, 2.45) is 5.92 Å². The van der Waals surface area contributed by atoms with Gasteiger partial charge in [-0.15, -0.1) is 6.58 Å². The molecule has 1 atom stereocenters. The molecule has 2 nitrogen and oxygen atoms in total. The Morgan fingerprint density at radius 2 is 2.00 bits per heavy atom. The number of amides is 1. The van der Waals surface area contributed by atoms with Crippen LogP contribution in [0.2, 0.25) is 10.0 Å². The molecule has 0 aliphatic carbocycles. The van der Waals surface area contributed by atoms with Crippen molar-refractivity contribution >= 4 is 50.7 Å². The van der Waals surface area contributed by atoms with Gasteiger partial charge in [-0.25, -0.2) is 0 Å². The van der Waals surface area contributed by atoms with E-state index in [1.165, 1.54) is 0 Å². The molecule has 1 aliphatic rings. The van der Waals surface area contributed by atoms with E-state index in [1.807, 2.05) is 0 Å². The van der Waals surface area contributed by atoms with Crippen molar-refractivity contribution in [2.75, 3.05) is 11.4 Å². The number of benzene rings is 1. The average Bonchev–Trinajstić information content (AvgIpc) is 2.67. The molecule has 1 aromatic rings. The Kier molecular flexibility index (Phi) is 3.81. The van der Waals surface area contributed by atoms with Crippen molar-refractivity contribution in [3.8, 4) is 0 Å². The first kappa shape index (κ1) is 12.9. The van der Waals surface area contributed by atoms with E-state index >= 15 is 0 Å². The SMILES string of the molecule is C=CC1CC(=O)N(c2cc(Cl)c(Br)c(Cl)c2)C1. The highest BCUT2D eigenvalue weighted by Gasteiger charge is 2.29. The fourth-order valence-electron chi connectivity index (χ4n) is 1.84. The molecule has 1 amide bonds. The third kappa shape index (κ3) is 2.51. The van der Waals surface area contributed by atoms with Gasteiger partial charge >= 0.3 is 0 Å². The van der Waals surface area contributed by atoms with Gasteiger partial charge in [0.05, 0.1) is 14.5 Å². The van der Waals surface area contributed by atoms with Crippen LogP contribution in [0.15, 0.2) is 29.3 Å². The number of nitrogens with zero attached hydrogens (tertiary/aromatic N) is 1. The minimum Gasteiger partial charge on any atom is -0.312 e. The van der Waals surface area contributed by atoms with Crippen molar-refractivity contribution in [2.45, 2.75) is 6.42 Å². The van der Waals surface area contributed by atoms with Crippen LogP contribution in [0.25, 0.3) is 0 Å². The third-order valence-electron chi connectivity index (χ3n) is 2.77. The molecular weight excluding hydrogens is 325 g/mol. The van der Waals surface area contributed by atoms with Gasteiger partial charge in [0.1, 0.15) is 0 Å². The Labute approximate surface area is 118 Å². The van der Waals surface area contributed by atoms with Crippen molar-refractivity contribution < 1.29 is 4.79 Å². The van der Waals surface area contributed by atoms with Crippen molar-refractivity contribution in [3.63, 3.8) is 0 Å². The maximum Gasteiger partial charge on any atom is 0.227 e. The summed E-state index contributed by atoms with van der Waals surface area (Å²) in [5.41, 5.74) is 0.734. The first-order chi connectivity index (χ1) is 8.02. The lowest BCUT2D eigenvalue weighted by molar-refractivity contribution is -0.117. The number of halogens is 3. The molecule has 1 heterocycles. The third-order valence-corrected chi connectivity index (χ3v) is 4.68. The van der Waals surface area contributed by atoms with Crippen LogP contribution >= 0.6 is 39.1 Å². The average molecular weight is 335 g/mol. The van der Waals surface area contributed by atoms with Crippen LogP contribution in [0.1, 0.15) is 6.42 Å². The zero-order valence-electron chi connectivity index (χ0n) is 8.92. The molecule has 0 N–H and O–H groups in total. The van der Waals surface area contributed by atoms with Crippen molar-refractivity contribution in [3.05, 3.63) is 39.3 Å². The second kappa shape index (κ2) is 5.01. The lowest BCUT2D eigenvalue weighted by Gasteiger charge is -2.17. The van der Waals surface area contributed by atoms with Crippen LogP contribution in [-0.2, 0) is 4.79 Å². The number of carbonyl (C=O) groups is 1. The van der Waals surface area contributed by atoms with Gasteiger partial charge in [-0.2, -0.15) is 0 Å². The highest BCUT2D eigenvalue weighted by Crippen LogP contribution is 2.36. The summed E-state index contributed by atoms with van der Waals surface area (Å²) < 4.78 is 0.650. The maximum absolute atomic E-state index is 11.8. The lowest BCUT2D eigenvalue weighted by atomic mass is 10.1. The molecule has 17 heavy (non-hydrogen) atoms. The molecular formula is C12H10BrCl2NO. The van der Waals surface area contributed by atoms with Crippen LogP contribution in [0, 0.1) is 5.92 Å². The quantitative estimate of drug-likeness (QED) is 0.583. The van der Waals surface area contributed by atoms with Gasteiger partial charge in [0.2, 0.25) is 5.91 Å². The number of carbonyl (C=O) groups excluding carboxylic acids is 1. The highest BCUT2D eigenvalue weighted by atomic mass is 79.9. The zero-order chi connectivity index (χ0) is 12.6. The van der Waals surface area contributed by atoms with Crippen LogP contribution < -0.4 is 4.90 Å². The van der Waals surface area contributed by atoms with Gasteiger partial charge in [0, 0.05) is 24.6 Å². The van der Waals surface area contributed by atoms with E-state index in [0.29, 0.717) is 27.5 Å². The molecule has 5 heteroatoms. The van der Waals surface area contributed by atoms with E-state index in [9.17, 15) is 4.79 Å². The largest absolute Gasteiger partial charge is 0.312 e. The molecule has 1 unspecified atom stereocenters. The molecule has 1 saturated heterocycles. The highest BCUT2D eigenvalue weighted by molar-refractivity contribution is 9.10. The smallest absolute Gasteiger partial charge is 0.227 e. The Balaban J connectivity index is 2.35. The van der Waals surface area contributed by atoms with E-state index in [2.05, 4.69) is 22.5 Å². The number of hydrogen-bond acceptors (Lipinski definition) is 1. The van der Waals surface area contributed by atoms with Gasteiger partial charge in [0.15, 0.2) is 0 Å². The number of rotatable bonds is 2. The zero-order valence-corrected chi connectivity index (χ0v) is 12.0. The summed E-state index contributed by atoms with van der Waals surface area (Å²) in [6.45, 7) is 4.35. The van der Waals surface area contributed by atoms with Crippen LogP contribution in [0.5, 0.6) is 0 Å². The number of anilines is 1. The normalized spacial score (nSPS) is 19.8. The Morgan fingerprint density at radius 3 is 2.47 bits per heavy atom. The summed E-state index contributed by atoms with van der Waals surface area (Å²) in [4.78, 5) is 13.5. The molecule has 1 aromatic carbocycles. The summed E-state index contributed by atoms with van der Waals surface area (Å²) in [5.74, 6) is 0.271. The van der Waals surface area contributed by atoms with E-state index in [0.717, 1.165) is 5.69 Å². The van der Waals surface area contributed by atoms with Crippen molar-refractivity contribution in [1.82, 2.24) is 0 Å². The monoisotopic (exact) mass is 333 g/mol. The molecule has 1 aliphatic heterocycles. The minimum absolute atomic E-state index is 0.0735. The van der Waals surface area contributed by atoms with Gasteiger partial charge in [-0.3, -0.25) is 4.79 Å². The second-order valence-corrected chi connectivity index (χ2v) is 5.54. The Hall–Kier alpha value is -0.510. The van der Waals surface area contributed by atoms with Gasteiger partial charge in [-0.05, 0) is 28.1 Å². The van der Waals surface area contributed by atoms with Gasteiger partial charge < -0.3 is 4.90 Å². The van der Waals surface area contributed by atoms with E-state index in [4.69, 9.17) is 23.2 Å². The van der Waals surface area contributed by atoms with E-state index in [-0.39, 0.29) is 11.8 Å². The predicted octanol–water partition coefficient (Wildman–Crippen LogP) is 4.29. The summed E-state index contributed by atoms with van der Waals surface area (Å²) in [5, 5.41) is 1.00. The minimum atomic E-state index is 0.0735.